The first-order valence-corrected chi connectivity index (χ1v) is 5.89. The number of rotatable bonds is 2. The lowest BCUT2D eigenvalue weighted by molar-refractivity contribution is -0.120. The van der Waals surface area contributed by atoms with Gasteiger partial charge < -0.3 is 5.11 Å². The second kappa shape index (κ2) is 4.34. The van der Waals surface area contributed by atoms with Crippen molar-refractivity contribution in [2.75, 3.05) is 11.4 Å². The van der Waals surface area contributed by atoms with Crippen LogP contribution in [0.5, 0.6) is 0 Å². The highest BCUT2D eigenvalue weighted by atomic mass is 16.4. The van der Waals surface area contributed by atoms with Crippen LogP contribution in [0.3, 0.4) is 0 Å². The summed E-state index contributed by atoms with van der Waals surface area (Å²) in [5, 5.41) is 15.3. The third-order valence-electron chi connectivity index (χ3n) is 3.03. The number of aromatic nitrogens is 2. The van der Waals surface area contributed by atoms with Gasteiger partial charge in [-0.05, 0) is 12.1 Å². The summed E-state index contributed by atoms with van der Waals surface area (Å²) in [5.41, 5.74) is 0.701. The summed E-state index contributed by atoms with van der Waals surface area (Å²) in [6, 6.07) is 3.96. The lowest BCUT2D eigenvalue weighted by Crippen LogP contribution is -2.49. The molecule has 20 heavy (non-hydrogen) atoms. The number of carbonyl (C=O) groups excluding carboxylic acids is 2. The number of nitrogens with one attached hydrogen (secondary N) is 1. The van der Waals surface area contributed by atoms with Crippen LogP contribution in [0.1, 0.15) is 16.8 Å². The molecule has 2 aromatic rings. The first-order chi connectivity index (χ1) is 9.54. The third kappa shape index (κ3) is 1.96. The van der Waals surface area contributed by atoms with Gasteiger partial charge in [-0.3, -0.25) is 15.0 Å². The number of nitrogens with zero attached hydrogens (tertiary/aromatic N) is 3. The zero-order chi connectivity index (χ0) is 14.3. The van der Waals surface area contributed by atoms with Crippen molar-refractivity contribution in [1.29, 1.82) is 0 Å². The maximum Gasteiger partial charge on any atom is 0.335 e. The Bertz CT molecular complexity index is 736. The molecular weight excluding hydrogens is 264 g/mol. The van der Waals surface area contributed by atoms with Crippen LogP contribution in [-0.2, 0) is 4.79 Å². The normalized spacial score (nSPS) is 15.5. The van der Waals surface area contributed by atoms with Crippen molar-refractivity contribution in [3.8, 4) is 0 Å². The number of fused-ring (bicyclic) bond motifs is 1. The number of carboxylic acids is 1. The fraction of sp³-hybridized carbons (Fsp3) is 0.167. The molecule has 1 aliphatic rings. The van der Waals surface area contributed by atoms with Gasteiger partial charge >= 0.3 is 12.0 Å². The van der Waals surface area contributed by atoms with Crippen LogP contribution in [0, 0.1) is 0 Å². The summed E-state index contributed by atoms with van der Waals surface area (Å²) in [6.45, 7) is 0.250. The van der Waals surface area contributed by atoms with E-state index in [-0.39, 0.29) is 24.4 Å². The van der Waals surface area contributed by atoms with Crippen molar-refractivity contribution >= 4 is 29.2 Å². The van der Waals surface area contributed by atoms with Crippen molar-refractivity contribution in [2.24, 2.45) is 0 Å². The topological polar surface area (TPSA) is 104 Å². The number of pyridine rings is 1. The van der Waals surface area contributed by atoms with E-state index in [2.05, 4.69) is 10.4 Å². The predicted octanol–water partition coefficient (Wildman–Crippen LogP) is 0.479. The summed E-state index contributed by atoms with van der Waals surface area (Å²) in [4.78, 5) is 35.0. The van der Waals surface area contributed by atoms with E-state index in [9.17, 15) is 14.4 Å². The molecule has 3 heterocycles. The van der Waals surface area contributed by atoms with Crippen LogP contribution in [0.15, 0.2) is 24.4 Å². The molecule has 1 aliphatic heterocycles. The Morgan fingerprint density at radius 3 is 2.85 bits per heavy atom. The predicted molar refractivity (Wildman–Crippen MR) is 67.7 cm³/mol. The van der Waals surface area contributed by atoms with Crippen molar-refractivity contribution in [3.63, 3.8) is 0 Å². The van der Waals surface area contributed by atoms with Crippen molar-refractivity contribution < 1.29 is 19.5 Å². The quantitative estimate of drug-likeness (QED) is 0.828. The fourth-order valence-electron chi connectivity index (χ4n) is 2.03. The molecule has 0 unspecified atom stereocenters. The first-order valence-electron chi connectivity index (χ1n) is 5.89. The van der Waals surface area contributed by atoms with Gasteiger partial charge in [-0.25, -0.2) is 14.1 Å². The smallest absolute Gasteiger partial charge is 0.335 e. The summed E-state index contributed by atoms with van der Waals surface area (Å²) in [6.07, 6.45) is 1.72. The van der Waals surface area contributed by atoms with E-state index in [0.717, 1.165) is 0 Å². The molecule has 2 aromatic heterocycles. The Labute approximate surface area is 112 Å². The molecule has 1 fully saturated rings. The molecule has 3 amide bonds. The Balaban J connectivity index is 1.98. The Kier molecular flexibility index (Phi) is 2.63. The molecule has 102 valence electrons. The number of imide groups is 1. The second-order valence-electron chi connectivity index (χ2n) is 4.35. The van der Waals surface area contributed by atoms with E-state index in [1.807, 2.05) is 0 Å². The van der Waals surface area contributed by atoms with Crippen molar-refractivity contribution in [3.05, 3.63) is 30.0 Å². The third-order valence-corrected chi connectivity index (χ3v) is 3.03. The monoisotopic (exact) mass is 274 g/mol. The van der Waals surface area contributed by atoms with Crippen molar-refractivity contribution in [1.82, 2.24) is 14.9 Å². The van der Waals surface area contributed by atoms with E-state index in [1.54, 1.807) is 6.07 Å². The molecule has 8 nitrogen and oxygen atoms in total. The minimum Gasteiger partial charge on any atom is -0.478 e. The van der Waals surface area contributed by atoms with Crippen LogP contribution in [-0.4, -0.2) is 39.2 Å². The van der Waals surface area contributed by atoms with Gasteiger partial charge in [0.1, 0.15) is 0 Å². The number of carbonyl (C=O) groups is 3. The zero-order valence-electron chi connectivity index (χ0n) is 10.2. The number of carboxylic acid groups (broad SMARTS) is 1. The van der Waals surface area contributed by atoms with Gasteiger partial charge in [0, 0.05) is 25.2 Å². The largest absolute Gasteiger partial charge is 0.478 e. The average Bonchev–Trinajstić information content (AvgIpc) is 2.80. The molecule has 0 spiro atoms. The lowest BCUT2D eigenvalue weighted by Gasteiger charge is -2.23. The molecule has 2 N–H and O–H groups in total. The summed E-state index contributed by atoms with van der Waals surface area (Å²) in [7, 11) is 0. The standard InChI is InChI=1S/C12H10N4O4/c17-10-2-3-15(12(20)13-10)9-6-8-5-7(11(18)19)1-4-16(8)14-9/h1,4-6H,2-3H2,(H,18,19)(H,13,17,20). The number of anilines is 1. The van der Waals surface area contributed by atoms with Crippen LogP contribution in [0.4, 0.5) is 10.6 Å². The average molecular weight is 274 g/mol. The maximum absolute atomic E-state index is 11.7. The summed E-state index contributed by atoms with van der Waals surface area (Å²) < 4.78 is 1.48. The van der Waals surface area contributed by atoms with Gasteiger partial charge in [-0.1, -0.05) is 0 Å². The maximum atomic E-state index is 11.7. The molecule has 0 aromatic carbocycles. The number of amides is 3. The highest BCUT2D eigenvalue weighted by molar-refractivity contribution is 6.05. The van der Waals surface area contributed by atoms with E-state index in [4.69, 9.17) is 5.11 Å². The van der Waals surface area contributed by atoms with E-state index in [0.29, 0.717) is 11.3 Å². The molecule has 1 saturated heterocycles. The van der Waals surface area contributed by atoms with Crippen LogP contribution >= 0.6 is 0 Å². The minimum absolute atomic E-state index is 0.141. The Morgan fingerprint density at radius 1 is 1.35 bits per heavy atom. The molecule has 0 bridgehead atoms. The lowest BCUT2D eigenvalue weighted by atomic mass is 10.2. The summed E-state index contributed by atoms with van der Waals surface area (Å²) >= 11 is 0. The van der Waals surface area contributed by atoms with Crippen LogP contribution in [0.2, 0.25) is 0 Å². The molecule has 8 heteroatoms. The van der Waals surface area contributed by atoms with Crippen LogP contribution < -0.4 is 10.2 Å². The summed E-state index contributed by atoms with van der Waals surface area (Å²) in [5.74, 6) is -0.975. The van der Waals surface area contributed by atoms with Crippen LogP contribution in [0.25, 0.3) is 5.52 Å². The van der Waals surface area contributed by atoms with Gasteiger partial charge in [0.2, 0.25) is 5.91 Å². The van der Waals surface area contributed by atoms with E-state index >= 15 is 0 Å². The van der Waals surface area contributed by atoms with Gasteiger partial charge in [0.15, 0.2) is 5.82 Å². The van der Waals surface area contributed by atoms with Gasteiger partial charge in [-0.15, -0.1) is 5.10 Å². The van der Waals surface area contributed by atoms with E-state index < -0.39 is 12.0 Å². The molecular formula is C12H10N4O4. The number of hydrogen-bond donors (Lipinski definition) is 2. The molecule has 0 radical (unpaired) electrons. The first kappa shape index (κ1) is 12.2. The highest BCUT2D eigenvalue weighted by Crippen LogP contribution is 2.18. The Hall–Kier alpha value is -2.90. The second-order valence-corrected chi connectivity index (χ2v) is 4.35. The van der Waals surface area contributed by atoms with Crippen molar-refractivity contribution in [2.45, 2.75) is 6.42 Å². The molecule has 0 saturated carbocycles. The van der Waals surface area contributed by atoms with Gasteiger partial charge in [-0.2, -0.15) is 0 Å². The zero-order valence-corrected chi connectivity index (χ0v) is 10.2. The van der Waals surface area contributed by atoms with E-state index in [1.165, 1.54) is 27.7 Å². The Morgan fingerprint density at radius 2 is 2.15 bits per heavy atom. The number of hydrogen-bond acceptors (Lipinski definition) is 4. The minimum atomic E-state index is -1.03. The molecule has 0 atom stereocenters. The number of aromatic carboxylic acids is 1. The number of urea groups is 1. The molecule has 0 aliphatic carbocycles. The fourth-order valence-corrected chi connectivity index (χ4v) is 2.03. The van der Waals surface area contributed by atoms with Gasteiger partial charge in [0.05, 0.1) is 11.1 Å². The highest BCUT2D eigenvalue weighted by Gasteiger charge is 2.26. The van der Waals surface area contributed by atoms with Gasteiger partial charge in [0.25, 0.3) is 0 Å². The SMILES string of the molecule is O=C1CCN(c2cc3cc(C(=O)O)ccn3n2)C(=O)N1. The molecule has 3 rings (SSSR count).